The number of alkyl halides is 3. The van der Waals surface area contributed by atoms with Crippen LogP contribution in [0.15, 0.2) is 36.7 Å². The summed E-state index contributed by atoms with van der Waals surface area (Å²) in [5.41, 5.74) is 1.37. The molecule has 0 radical (unpaired) electrons. The molecular weight excluding hydrogens is 443 g/mol. The Labute approximate surface area is 186 Å². The topological polar surface area (TPSA) is 63.0 Å². The van der Waals surface area contributed by atoms with E-state index in [4.69, 9.17) is 11.6 Å². The number of rotatable bonds is 2. The molecule has 2 aromatic heterocycles. The average molecular weight is 462 g/mol. The Morgan fingerprint density at radius 1 is 1.03 bits per heavy atom. The zero-order valence-corrected chi connectivity index (χ0v) is 17.7. The van der Waals surface area contributed by atoms with Crippen LogP contribution in [0.25, 0.3) is 5.69 Å². The number of benzene rings is 1. The zero-order valence-electron chi connectivity index (χ0n) is 16.9. The normalized spacial score (nSPS) is 20.3. The van der Waals surface area contributed by atoms with E-state index in [0.29, 0.717) is 27.0 Å². The lowest BCUT2D eigenvalue weighted by atomic mass is 9.57. The van der Waals surface area contributed by atoms with Gasteiger partial charge in [-0.15, -0.1) is 10.2 Å². The van der Waals surface area contributed by atoms with Gasteiger partial charge in [0.15, 0.2) is 5.82 Å². The molecule has 3 aromatic rings. The van der Waals surface area contributed by atoms with Crippen LogP contribution in [0, 0.1) is 5.41 Å². The highest BCUT2D eigenvalue weighted by Gasteiger charge is 2.55. The first-order chi connectivity index (χ1) is 15.3. The summed E-state index contributed by atoms with van der Waals surface area (Å²) in [6.07, 6.45) is 0.823. The van der Waals surface area contributed by atoms with Crippen molar-refractivity contribution in [1.29, 1.82) is 0 Å². The summed E-state index contributed by atoms with van der Waals surface area (Å²) in [6, 6.07) is 6.85. The molecule has 3 aliphatic rings. The van der Waals surface area contributed by atoms with E-state index in [1.807, 2.05) is 4.57 Å². The number of halogens is 4. The highest BCUT2D eigenvalue weighted by atomic mass is 35.5. The molecule has 7 nitrogen and oxygen atoms in total. The number of nitrogens with zero attached hydrogens (tertiary/aromatic N) is 7. The minimum Gasteiger partial charge on any atom is -0.340 e. The van der Waals surface area contributed by atoms with Gasteiger partial charge in [-0.25, -0.2) is 14.9 Å². The molecule has 0 N–H and O–H groups in total. The molecule has 166 valence electrons. The number of fused-ring (bicyclic) bond motifs is 3. The molecular formula is C21H19ClF3N7. The second-order valence-electron chi connectivity index (χ2n) is 8.92. The van der Waals surface area contributed by atoms with Crippen LogP contribution in [-0.4, -0.2) is 49.0 Å². The maximum absolute atomic E-state index is 13.6. The molecule has 4 heterocycles. The highest BCUT2D eigenvalue weighted by molar-refractivity contribution is 6.30. The smallest absolute Gasteiger partial charge is 0.340 e. The van der Waals surface area contributed by atoms with Crippen molar-refractivity contribution < 1.29 is 13.2 Å². The molecule has 2 aliphatic heterocycles. The van der Waals surface area contributed by atoms with E-state index in [-0.39, 0.29) is 24.4 Å². The molecule has 0 atom stereocenters. The molecule has 0 amide bonds. The van der Waals surface area contributed by atoms with Crippen molar-refractivity contribution in [2.75, 3.05) is 18.0 Å². The van der Waals surface area contributed by atoms with E-state index in [9.17, 15) is 13.2 Å². The highest BCUT2D eigenvalue weighted by Crippen LogP contribution is 2.56. The molecule has 1 aromatic carbocycles. The van der Waals surface area contributed by atoms with Gasteiger partial charge in [0, 0.05) is 48.4 Å². The van der Waals surface area contributed by atoms with Gasteiger partial charge in [-0.05, 0) is 42.7 Å². The SMILES string of the molecule is FC(F)(F)N1Cc2cc(Cl)ccc2-n2c(nnc2C2CC3(C2)CN(c2ncccn2)C3)C1. The predicted octanol–water partition coefficient (Wildman–Crippen LogP) is 3.93. The predicted molar refractivity (Wildman–Crippen MR) is 110 cm³/mol. The molecule has 1 saturated heterocycles. The third-order valence-corrected chi connectivity index (χ3v) is 6.94. The van der Waals surface area contributed by atoms with Crippen molar-refractivity contribution in [3.8, 4) is 5.69 Å². The lowest BCUT2D eigenvalue weighted by Gasteiger charge is -2.58. The second-order valence-corrected chi connectivity index (χ2v) is 9.35. The van der Waals surface area contributed by atoms with E-state index in [1.54, 1.807) is 36.7 Å². The minimum atomic E-state index is -4.48. The van der Waals surface area contributed by atoms with Crippen LogP contribution >= 0.6 is 11.6 Å². The molecule has 32 heavy (non-hydrogen) atoms. The molecule has 0 bridgehead atoms. The van der Waals surface area contributed by atoms with Gasteiger partial charge in [0.05, 0.1) is 12.2 Å². The summed E-state index contributed by atoms with van der Waals surface area (Å²) in [5, 5.41) is 8.92. The van der Waals surface area contributed by atoms with Crippen molar-refractivity contribution in [3.05, 3.63) is 58.9 Å². The lowest BCUT2D eigenvalue weighted by molar-refractivity contribution is -0.253. The quantitative estimate of drug-likeness (QED) is 0.539. The van der Waals surface area contributed by atoms with Crippen LogP contribution < -0.4 is 4.90 Å². The Morgan fingerprint density at radius 3 is 2.50 bits per heavy atom. The summed E-state index contributed by atoms with van der Waals surface area (Å²) < 4.78 is 42.6. The first-order valence-corrected chi connectivity index (χ1v) is 10.8. The van der Waals surface area contributed by atoms with Crippen LogP contribution in [0.3, 0.4) is 0 Å². The molecule has 6 rings (SSSR count). The van der Waals surface area contributed by atoms with Crippen molar-refractivity contribution in [2.45, 2.75) is 38.1 Å². The van der Waals surface area contributed by atoms with Crippen molar-refractivity contribution in [1.82, 2.24) is 29.6 Å². The summed E-state index contributed by atoms with van der Waals surface area (Å²) in [4.78, 5) is 11.2. The van der Waals surface area contributed by atoms with E-state index >= 15 is 0 Å². The number of aromatic nitrogens is 5. The molecule has 1 saturated carbocycles. The maximum atomic E-state index is 13.6. The van der Waals surface area contributed by atoms with Crippen LogP contribution in [0.5, 0.6) is 0 Å². The van der Waals surface area contributed by atoms with Crippen molar-refractivity contribution in [3.63, 3.8) is 0 Å². The fourth-order valence-corrected chi connectivity index (χ4v) is 5.45. The first kappa shape index (κ1) is 19.9. The second kappa shape index (κ2) is 6.89. The molecule has 2 fully saturated rings. The summed E-state index contributed by atoms with van der Waals surface area (Å²) in [5.74, 6) is 1.91. The largest absolute Gasteiger partial charge is 0.460 e. The Kier molecular flexibility index (Phi) is 4.29. The van der Waals surface area contributed by atoms with Crippen molar-refractivity contribution in [2.24, 2.45) is 5.41 Å². The molecule has 11 heteroatoms. The maximum Gasteiger partial charge on any atom is 0.460 e. The third-order valence-electron chi connectivity index (χ3n) is 6.70. The van der Waals surface area contributed by atoms with Crippen LogP contribution in [-0.2, 0) is 13.1 Å². The lowest BCUT2D eigenvalue weighted by Crippen LogP contribution is -2.62. The fraction of sp³-hybridized carbons (Fsp3) is 0.429. The minimum absolute atomic E-state index is 0.149. The number of hydrogen-bond donors (Lipinski definition) is 0. The van der Waals surface area contributed by atoms with Crippen LogP contribution in [0.1, 0.15) is 36.0 Å². The molecule has 0 unspecified atom stereocenters. The average Bonchev–Trinajstić information content (AvgIpc) is 3.01. The summed E-state index contributed by atoms with van der Waals surface area (Å²) in [6.45, 7) is 1.13. The third kappa shape index (κ3) is 3.15. The fourth-order valence-electron chi connectivity index (χ4n) is 5.26. The first-order valence-electron chi connectivity index (χ1n) is 10.4. The van der Waals surface area contributed by atoms with Gasteiger partial charge in [-0.3, -0.25) is 4.57 Å². The van der Waals surface area contributed by atoms with Gasteiger partial charge in [0.1, 0.15) is 5.82 Å². The Bertz CT molecular complexity index is 1170. The number of anilines is 1. The van der Waals surface area contributed by atoms with Gasteiger partial charge in [0.2, 0.25) is 5.95 Å². The monoisotopic (exact) mass is 461 g/mol. The Morgan fingerprint density at radius 2 is 1.78 bits per heavy atom. The molecule has 1 spiro atoms. The zero-order chi connectivity index (χ0) is 22.1. The summed E-state index contributed by atoms with van der Waals surface area (Å²) >= 11 is 6.11. The summed E-state index contributed by atoms with van der Waals surface area (Å²) in [7, 11) is 0. The number of hydrogen-bond acceptors (Lipinski definition) is 6. The van der Waals surface area contributed by atoms with Gasteiger partial charge >= 0.3 is 6.30 Å². The van der Waals surface area contributed by atoms with Crippen molar-refractivity contribution >= 4 is 17.5 Å². The Balaban J connectivity index is 1.27. The van der Waals surface area contributed by atoms with E-state index in [2.05, 4.69) is 25.1 Å². The van der Waals surface area contributed by atoms with E-state index in [1.165, 1.54) is 0 Å². The van der Waals surface area contributed by atoms with Gasteiger partial charge in [-0.2, -0.15) is 13.2 Å². The van der Waals surface area contributed by atoms with Gasteiger partial charge in [-0.1, -0.05) is 11.6 Å². The van der Waals surface area contributed by atoms with Gasteiger partial charge in [0.25, 0.3) is 0 Å². The van der Waals surface area contributed by atoms with E-state index in [0.717, 1.165) is 37.7 Å². The standard InChI is InChI=1S/C21H19ClF3N7/c22-15-2-3-16-13(6-15)9-31(21(23,24)25)10-17-28-29-18(32(16)17)14-7-20(8-14)11-30(12-20)19-26-4-1-5-27-19/h1-6,14H,7-12H2. The van der Waals surface area contributed by atoms with Crippen LogP contribution in [0.2, 0.25) is 5.02 Å². The van der Waals surface area contributed by atoms with Gasteiger partial charge < -0.3 is 4.90 Å². The van der Waals surface area contributed by atoms with Crippen LogP contribution in [0.4, 0.5) is 19.1 Å². The molecule has 1 aliphatic carbocycles. The Hall–Kier alpha value is -2.72. The van der Waals surface area contributed by atoms with E-state index < -0.39 is 6.30 Å².